The molecule has 0 aliphatic rings. The molecule has 1 heterocycles. The van der Waals surface area contributed by atoms with Gasteiger partial charge in [-0.3, -0.25) is 0 Å². The second-order valence-corrected chi connectivity index (χ2v) is 5.84. The van der Waals surface area contributed by atoms with Crippen LogP contribution in [0.25, 0.3) is 0 Å². The lowest BCUT2D eigenvalue weighted by molar-refractivity contribution is 0.418. The van der Waals surface area contributed by atoms with Gasteiger partial charge < -0.3 is 4.52 Å². The summed E-state index contributed by atoms with van der Waals surface area (Å²) in [5, 5.41) is 3.51. The van der Waals surface area contributed by atoms with Crippen molar-refractivity contribution in [3.63, 3.8) is 0 Å². The third-order valence-electron chi connectivity index (χ3n) is 2.60. The van der Waals surface area contributed by atoms with Gasteiger partial charge in [0, 0.05) is 12.1 Å². The van der Waals surface area contributed by atoms with E-state index < -0.39 is 26.6 Å². The first kappa shape index (κ1) is 14.6. The van der Waals surface area contributed by atoms with Crippen LogP contribution in [0.2, 0.25) is 0 Å². The molecule has 1 aromatic heterocycles. The lowest BCUT2D eigenvalue weighted by Crippen LogP contribution is -2.26. The Morgan fingerprint density at radius 2 is 2.10 bits per heavy atom. The van der Waals surface area contributed by atoms with Crippen molar-refractivity contribution in [3.8, 4) is 0 Å². The van der Waals surface area contributed by atoms with E-state index in [1.165, 1.54) is 12.5 Å². The highest BCUT2D eigenvalue weighted by atomic mass is 32.2. The van der Waals surface area contributed by atoms with Crippen molar-refractivity contribution in [2.75, 3.05) is 6.54 Å². The van der Waals surface area contributed by atoms with Crippen molar-refractivity contribution in [1.82, 2.24) is 9.88 Å². The number of benzene rings is 1. The van der Waals surface area contributed by atoms with Crippen molar-refractivity contribution in [3.05, 3.63) is 47.9 Å². The van der Waals surface area contributed by atoms with Crippen LogP contribution in [0.3, 0.4) is 0 Å². The fourth-order valence-corrected chi connectivity index (χ4v) is 2.77. The van der Waals surface area contributed by atoms with Crippen molar-refractivity contribution in [1.29, 1.82) is 0 Å². The summed E-state index contributed by atoms with van der Waals surface area (Å²) in [5.74, 6) is -1.80. The predicted octanol–water partition coefficient (Wildman–Crippen LogP) is 1.86. The van der Waals surface area contributed by atoms with Crippen LogP contribution in [0.4, 0.5) is 8.78 Å². The lowest BCUT2D eigenvalue weighted by atomic mass is 10.2. The fourth-order valence-electron chi connectivity index (χ4n) is 1.61. The summed E-state index contributed by atoms with van der Waals surface area (Å²) < 4.78 is 56.9. The van der Waals surface area contributed by atoms with Gasteiger partial charge in [-0.25, -0.2) is 21.9 Å². The first-order chi connectivity index (χ1) is 9.49. The smallest absolute Gasteiger partial charge is 0.243 e. The third-order valence-corrected chi connectivity index (χ3v) is 4.08. The summed E-state index contributed by atoms with van der Waals surface area (Å²) >= 11 is 0. The molecule has 8 heteroatoms. The van der Waals surface area contributed by atoms with Gasteiger partial charge >= 0.3 is 0 Å². The number of nitrogens with one attached hydrogen (secondary N) is 1. The highest BCUT2D eigenvalue weighted by Gasteiger charge is 2.19. The molecule has 0 spiro atoms. The first-order valence-corrected chi connectivity index (χ1v) is 7.30. The number of nitrogens with zero attached hydrogens (tertiary/aromatic N) is 1. The van der Waals surface area contributed by atoms with Crippen molar-refractivity contribution < 1.29 is 21.7 Å². The van der Waals surface area contributed by atoms with Crippen LogP contribution in [0.5, 0.6) is 0 Å². The van der Waals surface area contributed by atoms with Gasteiger partial charge in [-0.1, -0.05) is 5.16 Å². The second-order valence-electron chi connectivity index (χ2n) is 4.11. The fraction of sp³-hybridized carbons (Fsp3) is 0.250. The Morgan fingerprint density at radius 3 is 2.80 bits per heavy atom. The Bertz CT molecular complexity index is 672. The molecular formula is C12H12F2N2O3S. The normalized spacial score (nSPS) is 11.7. The van der Waals surface area contributed by atoms with Crippen molar-refractivity contribution in [2.45, 2.75) is 17.7 Å². The van der Waals surface area contributed by atoms with Gasteiger partial charge in [0.1, 0.15) is 22.8 Å². The van der Waals surface area contributed by atoms with E-state index in [9.17, 15) is 17.2 Å². The molecule has 0 bridgehead atoms. The number of sulfonamides is 1. The molecule has 0 aliphatic carbocycles. The number of aromatic nitrogens is 1. The third kappa shape index (κ3) is 3.61. The Morgan fingerprint density at radius 1 is 1.30 bits per heavy atom. The lowest BCUT2D eigenvalue weighted by Gasteiger charge is -2.07. The van der Waals surface area contributed by atoms with Gasteiger partial charge in [0.25, 0.3) is 0 Å². The van der Waals surface area contributed by atoms with Crippen LogP contribution in [0, 0.1) is 11.6 Å². The maximum atomic E-state index is 13.4. The number of aryl methyl sites for hydroxylation is 1. The van der Waals surface area contributed by atoms with Crippen LogP contribution in [0.15, 0.2) is 40.1 Å². The molecule has 2 rings (SSSR count). The summed E-state index contributed by atoms with van der Waals surface area (Å²) in [6, 6.07) is 2.29. The molecule has 0 fully saturated rings. The zero-order chi connectivity index (χ0) is 14.6. The topological polar surface area (TPSA) is 72.2 Å². The maximum Gasteiger partial charge on any atom is 0.243 e. The number of hydrogen-bond donors (Lipinski definition) is 1. The van der Waals surface area contributed by atoms with Crippen molar-refractivity contribution >= 4 is 10.0 Å². The summed E-state index contributed by atoms with van der Waals surface area (Å²) in [6.07, 6.45) is 4.04. The maximum absolute atomic E-state index is 13.4. The van der Waals surface area contributed by atoms with Crippen LogP contribution in [-0.2, 0) is 16.4 Å². The Labute approximate surface area is 114 Å². The second kappa shape index (κ2) is 6.10. The zero-order valence-electron chi connectivity index (χ0n) is 10.3. The highest BCUT2D eigenvalue weighted by molar-refractivity contribution is 7.89. The molecule has 5 nitrogen and oxygen atoms in total. The van der Waals surface area contributed by atoms with E-state index in [1.54, 1.807) is 0 Å². The highest BCUT2D eigenvalue weighted by Crippen LogP contribution is 2.15. The molecule has 1 N–H and O–H groups in total. The summed E-state index contributed by atoms with van der Waals surface area (Å²) in [5.41, 5.74) is 0.834. The molecule has 108 valence electrons. The van der Waals surface area contributed by atoms with Crippen LogP contribution >= 0.6 is 0 Å². The van der Waals surface area contributed by atoms with E-state index in [0.29, 0.717) is 18.9 Å². The van der Waals surface area contributed by atoms with Crippen LogP contribution in [0.1, 0.15) is 12.0 Å². The summed E-state index contributed by atoms with van der Waals surface area (Å²) in [4.78, 5) is -0.692. The van der Waals surface area contributed by atoms with E-state index in [0.717, 1.165) is 17.7 Å². The predicted molar refractivity (Wildman–Crippen MR) is 66.4 cm³/mol. The SMILES string of the molecule is O=S(=O)(NCCCc1cnoc1)c1cc(F)ccc1F. The molecule has 20 heavy (non-hydrogen) atoms. The van der Waals surface area contributed by atoms with E-state index in [4.69, 9.17) is 0 Å². The summed E-state index contributed by atoms with van der Waals surface area (Å²) in [7, 11) is -4.06. The minimum atomic E-state index is -4.06. The van der Waals surface area contributed by atoms with Gasteiger partial charge in [0.05, 0.1) is 6.20 Å². The average molecular weight is 302 g/mol. The van der Waals surface area contributed by atoms with E-state index in [-0.39, 0.29) is 6.54 Å². The standard InChI is InChI=1S/C12H12F2N2O3S/c13-10-3-4-11(14)12(6-10)20(17,18)16-5-1-2-9-7-15-19-8-9/h3-4,6-8,16H,1-2,5H2. The van der Waals surface area contributed by atoms with Gasteiger partial charge in [-0.05, 0) is 31.0 Å². The Balaban J connectivity index is 1.95. The minimum absolute atomic E-state index is 0.101. The number of hydrogen-bond acceptors (Lipinski definition) is 4. The van der Waals surface area contributed by atoms with Gasteiger partial charge in [-0.15, -0.1) is 0 Å². The van der Waals surface area contributed by atoms with E-state index in [1.807, 2.05) is 0 Å². The molecule has 0 unspecified atom stereocenters. The number of halogens is 2. The molecule has 0 amide bonds. The molecule has 0 atom stereocenters. The van der Waals surface area contributed by atoms with Crippen LogP contribution < -0.4 is 4.72 Å². The van der Waals surface area contributed by atoms with Gasteiger partial charge in [0.15, 0.2) is 0 Å². The minimum Gasteiger partial charge on any atom is -0.364 e. The van der Waals surface area contributed by atoms with Gasteiger partial charge in [0.2, 0.25) is 10.0 Å². The molecular weight excluding hydrogens is 290 g/mol. The monoisotopic (exact) mass is 302 g/mol. The molecule has 0 saturated heterocycles. The van der Waals surface area contributed by atoms with E-state index in [2.05, 4.69) is 14.4 Å². The molecule has 1 aromatic carbocycles. The average Bonchev–Trinajstić information content (AvgIpc) is 2.90. The molecule has 0 radical (unpaired) electrons. The summed E-state index contributed by atoms with van der Waals surface area (Å²) in [6.45, 7) is 0.101. The Hall–Kier alpha value is -1.80. The van der Waals surface area contributed by atoms with Crippen LogP contribution in [-0.4, -0.2) is 20.1 Å². The van der Waals surface area contributed by atoms with E-state index >= 15 is 0 Å². The van der Waals surface area contributed by atoms with Crippen molar-refractivity contribution in [2.24, 2.45) is 0 Å². The Kier molecular flexibility index (Phi) is 4.46. The molecule has 0 saturated carbocycles. The molecule has 2 aromatic rings. The quantitative estimate of drug-likeness (QED) is 0.827. The first-order valence-electron chi connectivity index (χ1n) is 5.82. The zero-order valence-corrected chi connectivity index (χ0v) is 11.2. The number of rotatable bonds is 6. The molecule has 0 aliphatic heterocycles. The largest absolute Gasteiger partial charge is 0.364 e. The van der Waals surface area contributed by atoms with Gasteiger partial charge in [-0.2, -0.15) is 0 Å².